The summed E-state index contributed by atoms with van der Waals surface area (Å²) in [7, 11) is 0. The van der Waals surface area contributed by atoms with Gasteiger partial charge in [-0.25, -0.2) is 9.97 Å². The van der Waals surface area contributed by atoms with E-state index in [0.29, 0.717) is 35.0 Å². The molecule has 0 saturated carbocycles. The molecule has 2 saturated heterocycles. The van der Waals surface area contributed by atoms with Crippen molar-refractivity contribution in [1.82, 2.24) is 15.3 Å². The fraction of sp³-hybridized carbons (Fsp3) is 0.571. The van der Waals surface area contributed by atoms with Gasteiger partial charge >= 0.3 is 0 Å². The van der Waals surface area contributed by atoms with E-state index in [1.807, 2.05) is 6.92 Å². The minimum Gasteiger partial charge on any atom is -0.388 e. The predicted molar refractivity (Wildman–Crippen MR) is 84.1 cm³/mol. The van der Waals surface area contributed by atoms with Gasteiger partial charge < -0.3 is 16.0 Å². The van der Waals surface area contributed by atoms with Gasteiger partial charge in [-0.3, -0.25) is 4.79 Å². The lowest BCUT2D eigenvalue weighted by Crippen LogP contribution is -2.54. The molecule has 3 heterocycles. The van der Waals surface area contributed by atoms with E-state index in [2.05, 4.69) is 20.2 Å². The molecule has 0 bridgehead atoms. The molecule has 0 aliphatic carbocycles. The summed E-state index contributed by atoms with van der Waals surface area (Å²) in [6.07, 6.45) is 2.47. The van der Waals surface area contributed by atoms with Gasteiger partial charge in [0.05, 0.1) is 0 Å². The molecule has 2 fully saturated rings. The maximum Gasteiger partial charge on any atom is 0.226 e. The second-order valence-corrected chi connectivity index (χ2v) is 6.21. The molecule has 2 aliphatic rings. The maximum atomic E-state index is 11.5. The first-order chi connectivity index (χ1) is 10.0. The van der Waals surface area contributed by atoms with Crippen molar-refractivity contribution in [3.63, 3.8) is 0 Å². The molecule has 112 valence electrons. The number of fused-ring (bicyclic) bond motifs is 1. The summed E-state index contributed by atoms with van der Waals surface area (Å²) in [6.45, 7) is 3.62. The molecule has 3 rings (SSSR count). The molecular formula is C14H19N5OS. The zero-order chi connectivity index (χ0) is 15.0. The van der Waals surface area contributed by atoms with Gasteiger partial charge in [-0.1, -0.05) is 12.2 Å². The van der Waals surface area contributed by atoms with Gasteiger partial charge in [0.1, 0.15) is 10.7 Å². The van der Waals surface area contributed by atoms with Gasteiger partial charge in [0, 0.05) is 31.2 Å². The van der Waals surface area contributed by atoms with Crippen LogP contribution in [0, 0.1) is 12.8 Å². The first-order valence-electron chi connectivity index (χ1n) is 7.23. The molecule has 2 unspecified atom stereocenters. The second kappa shape index (κ2) is 5.55. The minimum atomic E-state index is 0.173. The van der Waals surface area contributed by atoms with Crippen LogP contribution in [0.1, 0.15) is 30.7 Å². The highest BCUT2D eigenvalue weighted by molar-refractivity contribution is 7.80. The summed E-state index contributed by atoms with van der Waals surface area (Å²) in [6, 6.07) is 2.10. The number of piperidine rings is 2. The van der Waals surface area contributed by atoms with Crippen molar-refractivity contribution >= 4 is 29.1 Å². The van der Waals surface area contributed by atoms with Crippen LogP contribution in [0.2, 0.25) is 0 Å². The van der Waals surface area contributed by atoms with Crippen molar-refractivity contribution in [2.24, 2.45) is 11.7 Å². The lowest BCUT2D eigenvalue weighted by Gasteiger charge is -2.41. The molecule has 6 nitrogen and oxygen atoms in total. The average molecular weight is 305 g/mol. The first-order valence-corrected chi connectivity index (χ1v) is 7.63. The van der Waals surface area contributed by atoms with Crippen molar-refractivity contribution in [3.05, 3.63) is 17.5 Å². The van der Waals surface area contributed by atoms with Crippen LogP contribution in [0.25, 0.3) is 0 Å². The summed E-state index contributed by atoms with van der Waals surface area (Å²) < 4.78 is 0. The van der Waals surface area contributed by atoms with Crippen LogP contribution in [-0.4, -0.2) is 40.0 Å². The first kappa shape index (κ1) is 14.2. The molecule has 2 aliphatic heterocycles. The van der Waals surface area contributed by atoms with Gasteiger partial charge in [0.15, 0.2) is 0 Å². The van der Waals surface area contributed by atoms with Gasteiger partial charge in [0.2, 0.25) is 11.9 Å². The molecule has 3 N–H and O–H groups in total. The van der Waals surface area contributed by atoms with Crippen molar-refractivity contribution in [1.29, 1.82) is 0 Å². The lowest BCUT2D eigenvalue weighted by molar-refractivity contribution is -0.124. The van der Waals surface area contributed by atoms with Gasteiger partial charge in [-0.05, 0) is 31.7 Å². The molecule has 0 spiro atoms. The van der Waals surface area contributed by atoms with Crippen LogP contribution in [0.15, 0.2) is 6.07 Å². The Bertz CT molecular complexity index is 591. The largest absolute Gasteiger partial charge is 0.388 e. The fourth-order valence-electron chi connectivity index (χ4n) is 3.11. The standard InChI is InChI=1S/C14H19N5OS/c1-8-6-11(13(15)21)18-14(16-8)19-5-4-10-9(7-19)2-3-12(20)17-10/h6,9-10H,2-5,7H2,1H3,(H2,15,21)(H,17,20). The van der Waals surface area contributed by atoms with Gasteiger partial charge in [0.25, 0.3) is 0 Å². The number of anilines is 1. The number of carbonyl (C=O) groups excluding carboxylic acids is 1. The number of aryl methyl sites for hydroxylation is 1. The van der Waals surface area contributed by atoms with Crippen LogP contribution in [0.5, 0.6) is 0 Å². The van der Waals surface area contributed by atoms with E-state index < -0.39 is 0 Å². The number of nitrogens with zero attached hydrogens (tertiary/aromatic N) is 3. The van der Waals surface area contributed by atoms with Crippen LogP contribution in [-0.2, 0) is 4.79 Å². The van der Waals surface area contributed by atoms with E-state index in [1.54, 1.807) is 6.07 Å². The number of hydrogen-bond acceptors (Lipinski definition) is 5. The van der Waals surface area contributed by atoms with E-state index in [0.717, 1.165) is 31.6 Å². The number of thiocarbonyl (C=S) groups is 1. The monoisotopic (exact) mass is 305 g/mol. The third-order valence-electron chi connectivity index (χ3n) is 4.20. The van der Waals surface area contributed by atoms with Crippen molar-refractivity contribution in [3.8, 4) is 0 Å². The molecule has 2 atom stereocenters. The Morgan fingerprint density at radius 3 is 3.05 bits per heavy atom. The van der Waals surface area contributed by atoms with Crippen molar-refractivity contribution in [2.45, 2.75) is 32.2 Å². The normalized spacial score (nSPS) is 25.2. The Kier molecular flexibility index (Phi) is 3.75. The van der Waals surface area contributed by atoms with E-state index >= 15 is 0 Å². The number of rotatable bonds is 2. The number of hydrogen-bond donors (Lipinski definition) is 2. The quantitative estimate of drug-likeness (QED) is 0.775. The Morgan fingerprint density at radius 2 is 2.29 bits per heavy atom. The van der Waals surface area contributed by atoms with Crippen LogP contribution in [0.4, 0.5) is 5.95 Å². The van der Waals surface area contributed by atoms with Gasteiger partial charge in [-0.15, -0.1) is 0 Å². The number of nitrogens with one attached hydrogen (secondary N) is 1. The Morgan fingerprint density at radius 1 is 1.48 bits per heavy atom. The van der Waals surface area contributed by atoms with Crippen molar-refractivity contribution < 1.29 is 4.79 Å². The summed E-state index contributed by atoms with van der Waals surface area (Å²) in [4.78, 5) is 22.9. The molecule has 7 heteroatoms. The number of nitrogens with two attached hydrogens (primary N) is 1. The summed E-state index contributed by atoms with van der Waals surface area (Å²) in [5.74, 6) is 1.33. The predicted octanol–water partition coefficient (Wildman–Crippen LogP) is 0.524. The molecule has 1 aromatic rings. The summed E-state index contributed by atoms with van der Waals surface area (Å²) >= 11 is 5.01. The fourth-order valence-corrected chi connectivity index (χ4v) is 3.22. The molecular weight excluding hydrogens is 286 g/mol. The summed E-state index contributed by atoms with van der Waals surface area (Å²) in [5, 5.41) is 3.08. The third kappa shape index (κ3) is 2.97. The Labute approximate surface area is 129 Å². The van der Waals surface area contributed by atoms with Crippen LogP contribution < -0.4 is 16.0 Å². The molecule has 21 heavy (non-hydrogen) atoms. The molecule has 1 amide bonds. The maximum absolute atomic E-state index is 11.5. The molecule has 0 aromatic carbocycles. The Hall–Kier alpha value is -1.76. The van der Waals surface area contributed by atoms with Gasteiger partial charge in [-0.2, -0.15) is 0 Å². The SMILES string of the molecule is Cc1cc(C(N)=S)nc(N2CCC3NC(=O)CCC3C2)n1. The van der Waals surface area contributed by atoms with Crippen LogP contribution >= 0.6 is 12.2 Å². The Balaban J connectivity index is 1.79. The zero-order valence-corrected chi connectivity index (χ0v) is 12.8. The third-order valence-corrected chi connectivity index (χ3v) is 4.41. The molecule has 0 radical (unpaired) electrons. The molecule has 1 aromatic heterocycles. The van der Waals surface area contributed by atoms with Crippen LogP contribution in [0.3, 0.4) is 0 Å². The lowest BCUT2D eigenvalue weighted by atomic mass is 9.85. The highest BCUT2D eigenvalue weighted by Crippen LogP contribution is 2.27. The van der Waals surface area contributed by atoms with Crippen molar-refractivity contribution in [2.75, 3.05) is 18.0 Å². The number of amides is 1. The second-order valence-electron chi connectivity index (χ2n) is 5.77. The zero-order valence-electron chi connectivity index (χ0n) is 12.0. The smallest absolute Gasteiger partial charge is 0.226 e. The van der Waals surface area contributed by atoms with E-state index in [-0.39, 0.29) is 5.91 Å². The minimum absolute atomic E-state index is 0.173. The topological polar surface area (TPSA) is 84.1 Å². The number of carbonyl (C=O) groups is 1. The highest BCUT2D eigenvalue weighted by atomic mass is 32.1. The average Bonchev–Trinajstić information content (AvgIpc) is 2.46. The highest BCUT2D eigenvalue weighted by Gasteiger charge is 2.34. The summed E-state index contributed by atoms with van der Waals surface area (Å²) in [5.41, 5.74) is 7.16. The van der Waals surface area contributed by atoms with E-state index in [9.17, 15) is 4.79 Å². The van der Waals surface area contributed by atoms with E-state index in [1.165, 1.54) is 0 Å². The van der Waals surface area contributed by atoms with E-state index in [4.69, 9.17) is 18.0 Å². The number of aromatic nitrogens is 2.